The molecule has 2 aliphatic carbocycles. The minimum absolute atomic E-state index is 0.0135. The van der Waals surface area contributed by atoms with Gasteiger partial charge in [-0.1, -0.05) is 19.9 Å². The number of alkyl halides is 2. The molecule has 0 N–H and O–H groups in total. The molecule has 0 amide bonds. The van der Waals surface area contributed by atoms with Crippen molar-refractivity contribution < 1.29 is 8.78 Å². The molecule has 0 saturated heterocycles. The van der Waals surface area contributed by atoms with E-state index >= 15 is 0 Å². The largest absolute Gasteiger partial charge is 0.273 e. The van der Waals surface area contributed by atoms with Gasteiger partial charge in [-0.05, 0) is 17.8 Å². The summed E-state index contributed by atoms with van der Waals surface area (Å²) < 4.78 is 24.7. The Bertz CT molecular complexity index is 226. The predicted molar refractivity (Wildman–Crippen MR) is 39.5 cm³/mol. The van der Waals surface area contributed by atoms with Gasteiger partial charge in [0, 0.05) is 12.0 Å². The normalized spacial score (nSPS) is 40.7. The first-order valence-electron chi connectivity index (χ1n) is 4.01. The number of rotatable bonds is 1. The van der Waals surface area contributed by atoms with Gasteiger partial charge in [0.2, 0.25) is 0 Å². The third-order valence-corrected chi connectivity index (χ3v) is 2.75. The summed E-state index contributed by atoms with van der Waals surface area (Å²) in [6, 6.07) is 0. The molecule has 2 saturated carbocycles. The van der Waals surface area contributed by atoms with Gasteiger partial charge in [-0.2, -0.15) is 0 Å². The first kappa shape index (κ1) is 7.26. The van der Waals surface area contributed by atoms with E-state index in [1.165, 1.54) is 0 Å². The van der Waals surface area contributed by atoms with E-state index in [2.05, 4.69) is 13.8 Å². The number of halogens is 2. The van der Waals surface area contributed by atoms with Crippen molar-refractivity contribution in [3.8, 4) is 0 Å². The molecular formula is C9H12F2. The van der Waals surface area contributed by atoms with Crippen LogP contribution in [0, 0.1) is 11.3 Å². The quantitative estimate of drug-likeness (QED) is 0.514. The molecule has 2 heteroatoms. The van der Waals surface area contributed by atoms with Gasteiger partial charge in [-0.25, -0.2) is 8.78 Å². The van der Waals surface area contributed by atoms with Crippen LogP contribution in [0.3, 0.4) is 0 Å². The average molecular weight is 158 g/mol. The van der Waals surface area contributed by atoms with E-state index in [-0.39, 0.29) is 6.42 Å². The Morgan fingerprint density at radius 2 is 1.91 bits per heavy atom. The zero-order chi connectivity index (χ0) is 8.28. The fourth-order valence-electron chi connectivity index (χ4n) is 1.41. The Morgan fingerprint density at radius 3 is 2.18 bits per heavy atom. The monoisotopic (exact) mass is 158 g/mol. The third kappa shape index (κ3) is 1.19. The summed E-state index contributed by atoms with van der Waals surface area (Å²) in [5, 5.41) is 0. The van der Waals surface area contributed by atoms with Gasteiger partial charge in [0.25, 0.3) is 5.92 Å². The minimum Gasteiger partial charge on any atom is -0.201 e. The molecule has 0 aromatic rings. The Morgan fingerprint density at radius 1 is 1.45 bits per heavy atom. The Kier molecular flexibility index (Phi) is 1.10. The smallest absolute Gasteiger partial charge is 0.201 e. The van der Waals surface area contributed by atoms with Crippen molar-refractivity contribution in [3.63, 3.8) is 0 Å². The molecule has 0 bridgehead atoms. The summed E-state index contributed by atoms with van der Waals surface area (Å²) in [5.74, 6) is -2.01. The maximum absolute atomic E-state index is 12.4. The van der Waals surface area contributed by atoms with Gasteiger partial charge in [0.15, 0.2) is 0 Å². The van der Waals surface area contributed by atoms with Crippen molar-refractivity contribution in [2.75, 3.05) is 0 Å². The molecule has 62 valence electrons. The lowest BCUT2D eigenvalue weighted by Crippen LogP contribution is -1.88. The summed E-state index contributed by atoms with van der Waals surface area (Å²) >= 11 is 0. The summed E-state index contributed by atoms with van der Waals surface area (Å²) in [4.78, 5) is 0. The fraction of sp³-hybridized carbons (Fsp3) is 0.778. The molecular weight excluding hydrogens is 146 g/mol. The summed E-state index contributed by atoms with van der Waals surface area (Å²) in [6.07, 6.45) is 2.87. The predicted octanol–water partition coefficient (Wildman–Crippen LogP) is 3.00. The van der Waals surface area contributed by atoms with E-state index in [1.54, 1.807) is 6.08 Å². The molecule has 0 aromatic heterocycles. The van der Waals surface area contributed by atoms with Crippen molar-refractivity contribution in [1.29, 1.82) is 0 Å². The molecule has 2 fully saturated rings. The van der Waals surface area contributed by atoms with E-state index in [0.29, 0.717) is 16.9 Å². The number of hydrogen-bond donors (Lipinski definition) is 0. The van der Waals surface area contributed by atoms with E-state index in [0.717, 1.165) is 6.42 Å². The second-order valence-corrected chi connectivity index (χ2v) is 4.37. The third-order valence-electron chi connectivity index (χ3n) is 2.75. The van der Waals surface area contributed by atoms with Gasteiger partial charge in [-0.3, -0.25) is 0 Å². The molecule has 0 heterocycles. The van der Waals surface area contributed by atoms with Crippen molar-refractivity contribution in [1.82, 2.24) is 0 Å². The Labute approximate surface area is 65.3 Å². The number of hydrogen-bond acceptors (Lipinski definition) is 0. The van der Waals surface area contributed by atoms with Crippen LogP contribution in [-0.4, -0.2) is 5.92 Å². The topological polar surface area (TPSA) is 0 Å². The molecule has 1 unspecified atom stereocenters. The standard InChI is InChI=1S/C9H12F2/c1-8(2)4-6(8)3-7-5-9(7,10)11/h3,6H,4-5H2,1-2H3/b7-3+. The Hall–Kier alpha value is -0.400. The highest BCUT2D eigenvalue weighted by atomic mass is 19.3. The lowest BCUT2D eigenvalue weighted by atomic mass is 10.1. The second-order valence-electron chi connectivity index (χ2n) is 4.37. The molecule has 2 rings (SSSR count). The molecule has 0 radical (unpaired) electrons. The highest BCUT2D eigenvalue weighted by Gasteiger charge is 2.54. The van der Waals surface area contributed by atoms with Gasteiger partial charge in [0.05, 0.1) is 0 Å². The van der Waals surface area contributed by atoms with Crippen LogP contribution >= 0.6 is 0 Å². The number of allylic oxidation sites excluding steroid dienone is 2. The van der Waals surface area contributed by atoms with Crippen LogP contribution in [0.15, 0.2) is 11.6 Å². The van der Waals surface area contributed by atoms with Crippen LogP contribution in [-0.2, 0) is 0 Å². The van der Waals surface area contributed by atoms with Crippen molar-refractivity contribution in [3.05, 3.63) is 11.6 Å². The average Bonchev–Trinajstić information content (AvgIpc) is 2.54. The zero-order valence-corrected chi connectivity index (χ0v) is 6.82. The van der Waals surface area contributed by atoms with Crippen LogP contribution in [0.5, 0.6) is 0 Å². The summed E-state index contributed by atoms with van der Waals surface area (Å²) in [6.45, 7) is 4.24. The maximum atomic E-state index is 12.4. The van der Waals surface area contributed by atoms with Crippen LogP contribution in [0.1, 0.15) is 26.7 Å². The van der Waals surface area contributed by atoms with Crippen LogP contribution in [0.2, 0.25) is 0 Å². The van der Waals surface area contributed by atoms with Crippen molar-refractivity contribution in [2.45, 2.75) is 32.6 Å². The first-order chi connectivity index (χ1) is 4.92. The molecule has 1 atom stereocenters. The van der Waals surface area contributed by atoms with Crippen LogP contribution in [0.4, 0.5) is 8.78 Å². The highest BCUT2D eigenvalue weighted by molar-refractivity contribution is 5.33. The van der Waals surface area contributed by atoms with Gasteiger partial charge in [-0.15, -0.1) is 0 Å². The van der Waals surface area contributed by atoms with E-state index < -0.39 is 5.92 Å². The Balaban J connectivity index is 1.99. The lowest BCUT2D eigenvalue weighted by molar-refractivity contribution is 0.136. The molecule has 0 aliphatic heterocycles. The highest BCUT2D eigenvalue weighted by Crippen LogP contribution is 2.57. The summed E-state index contributed by atoms with van der Waals surface area (Å²) in [5.41, 5.74) is 0.666. The molecule has 11 heavy (non-hydrogen) atoms. The van der Waals surface area contributed by atoms with Gasteiger partial charge >= 0.3 is 0 Å². The SMILES string of the molecule is CC1(C)CC1/C=C1\CC1(F)F. The van der Waals surface area contributed by atoms with E-state index in [4.69, 9.17) is 0 Å². The van der Waals surface area contributed by atoms with E-state index in [1.807, 2.05) is 0 Å². The van der Waals surface area contributed by atoms with Crippen LogP contribution < -0.4 is 0 Å². The lowest BCUT2D eigenvalue weighted by Gasteiger charge is -1.95. The van der Waals surface area contributed by atoms with Crippen molar-refractivity contribution in [2.24, 2.45) is 11.3 Å². The van der Waals surface area contributed by atoms with E-state index in [9.17, 15) is 8.78 Å². The molecule has 0 aromatic carbocycles. The van der Waals surface area contributed by atoms with Gasteiger partial charge in [0.1, 0.15) is 0 Å². The second kappa shape index (κ2) is 1.67. The van der Waals surface area contributed by atoms with Crippen molar-refractivity contribution >= 4 is 0 Å². The molecule has 0 nitrogen and oxygen atoms in total. The fourth-order valence-corrected chi connectivity index (χ4v) is 1.41. The molecule has 0 spiro atoms. The first-order valence-corrected chi connectivity index (χ1v) is 4.01. The van der Waals surface area contributed by atoms with Gasteiger partial charge < -0.3 is 0 Å². The minimum atomic E-state index is -2.43. The summed E-state index contributed by atoms with van der Waals surface area (Å²) in [7, 11) is 0. The zero-order valence-electron chi connectivity index (χ0n) is 6.82. The van der Waals surface area contributed by atoms with Crippen LogP contribution in [0.25, 0.3) is 0 Å². The maximum Gasteiger partial charge on any atom is 0.273 e. The molecule has 2 aliphatic rings.